The van der Waals surface area contributed by atoms with Crippen molar-refractivity contribution in [1.29, 1.82) is 0 Å². The maximum atomic E-state index is 12.8. The van der Waals surface area contributed by atoms with Gasteiger partial charge in [-0.2, -0.15) is 0 Å². The monoisotopic (exact) mass is 365 g/mol. The molecule has 2 fully saturated rings. The van der Waals surface area contributed by atoms with E-state index in [-0.39, 0.29) is 30.1 Å². The molecule has 3 nitrogen and oxygen atoms in total. The van der Waals surface area contributed by atoms with Crippen LogP contribution in [-0.4, -0.2) is 11.8 Å². The molecule has 3 atom stereocenters. The van der Waals surface area contributed by atoms with Crippen molar-refractivity contribution in [2.24, 2.45) is 17.8 Å². The first-order valence-electron chi connectivity index (χ1n) is 8.32. The van der Waals surface area contributed by atoms with Crippen molar-refractivity contribution in [3.8, 4) is 0 Å². The van der Waals surface area contributed by atoms with Crippen molar-refractivity contribution >= 4 is 35.0 Å². The van der Waals surface area contributed by atoms with Crippen molar-refractivity contribution in [2.75, 3.05) is 0 Å². The number of rotatable bonds is 4. The Kier molecular flexibility index (Phi) is 4.76. The quantitative estimate of drug-likeness (QED) is 0.629. The zero-order chi connectivity index (χ0) is 17.5. The number of nitrogens with one attached hydrogen (secondary N) is 1. The number of amides is 2. The van der Waals surface area contributed by atoms with Gasteiger partial charge in [0.2, 0.25) is 11.8 Å². The third kappa shape index (κ3) is 3.00. The fraction of sp³-hybridized carbons (Fsp3) is 0.474. The summed E-state index contributed by atoms with van der Waals surface area (Å²) in [7, 11) is 0. The van der Waals surface area contributed by atoms with Crippen LogP contribution in [-0.2, 0) is 15.0 Å². The van der Waals surface area contributed by atoms with Gasteiger partial charge in [-0.25, -0.2) is 0 Å². The van der Waals surface area contributed by atoms with E-state index >= 15 is 0 Å². The Hall–Kier alpha value is -1.32. The Morgan fingerprint density at radius 1 is 1.25 bits per heavy atom. The molecule has 0 radical (unpaired) electrons. The SMILES string of the molecule is CC=C[C@@]1(c2ccc(Cl)c(Cl)c2)CC(=O)NC(=O)C1C(C)C1CC1. The number of imide groups is 1. The molecule has 1 aliphatic heterocycles. The maximum absolute atomic E-state index is 12.8. The molecule has 2 unspecified atom stereocenters. The van der Waals surface area contributed by atoms with Crippen LogP contribution in [0, 0.1) is 17.8 Å². The fourth-order valence-corrected chi connectivity index (χ4v) is 4.39. The molecule has 0 aromatic heterocycles. The van der Waals surface area contributed by atoms with E-state index < -0.39 is 5.41 Å². The van der Waals surface area contributed by atoms with Gasteiger partial charge >= 0.3 is 0 Å². The molecular weight excluding hydrogens is 345 g/mol. The molecule has 1 saturated heterocycles. The van der Waals surface area contributed by atoms with Crippen molar-refractivity contribution in [2.45, 2.75) is 38.5 Å². The summed E-state index contributed by atoms with van der Waals surface area (Å²) in [6.07, 6.45) is 6.44. The van der Waals surface area contributed by atoms with E-state index in [1.165, 1.54) is 0 Å². The molecule has 5 heteroatoms. The first-order chi connectivity index (χ1) is 11.4. The minimum atomic E-state index is -0.676. The van der Waals surface area contributed by atoms with Gasteiger partial charge in [-0.15, -0.1) is 0 Å². The number of allylic oxidation sites excluding steroid dienone is 2. The average Bonchev–Trinajstić information content (AvgIpc) is 3.34. The molecule has 1 saturated carbocycles. The van der Waals surface area contributed by atoms with Gasteiger partial charge in [0.05, 0.1) is 16.0 Å². The van der Waals surface area contributed by atoms with E-state index in [2.05, 4.69) is 12.2 Å². The normalized spacial score (nSPS) is 28.9. The summed E-state index contributed by atoms with van der Waals surface area (Å²) < 4.78 is 0. The van der Waals surface area contributed by atoms with Crippen molar-refractivity contribution in [3.63, 3.8) is 0 Å². The molecular formula is C19H21Cl2NO2. The summed E-state index contributed by atoms with van der Waals surface area (Å²) in [5.74, 6) is 0.0134. The molecule has 128 valence electrons. The Morgan fingerprint density at radius 3 is 2.54 bits per heavy atom. The van der Waals surface area contributed by atoms with Crippen molar-refractivity contribution < 1.29 is 9.59 Å². The number of piperidine rings is 1. The number of hydrogen-bond acceptors (Lipinski definition) is 2. The molecule has 1 heterocycles. The molecule has 24 heavy (non-hydrogen) atoms. The predicted octanol–water partition coefficient (Wildman–Crippen LogP) is 4.52. The Balaban J connectivity index is 2.16. The summed E-state index contributed by atoms with van der Waals surface area (Å²) in [6.45, 7) is 4.03. The van der Waals surface area contributed by atoms with Gasteiger partial charge in [0.1, 0.15) is 0 Å². The van der Waals surface area contributed by atoms with Gasteiger partial charge < -0.3 is 0 Å². The topological polar surface area (TPSA) is 46.2 Å². The summed E-state index contributed by atoms with van der Waals surface area (Å²) in [4.78, 5) is 25.0. The number of carbonyl (C=O) groups is 2. The van der Waals surface area contributed by atoms with Gasteiger partial charge in [0, 0.05) is 11.8 Å². The third-order valence-corrected chi connectivity index (χ3v) is 6.10. The number of benzene rings is 1. The Bertz CT molecular complexity index is 711. The van der Waals surface area contributed by atoms with Crippen LogP contribution < -0.4 is 5.32 Å². The second kappa shape index (κ2) is 6.53. The van der Waals surface area contributed by atoms with Crippen LogP contribution in [0.5, 0.6) is 0 Å². The molecule has 3 rings (SSSR count). The van der Waals surface area contributed by atoms with Gasteiger partial charge in [0.25, 0.3) is 0 Å². The third-order valence-electron chi connectivity index (χ3n) is 5.37. The molecule has 0 bridgehead atoms. The van der Waals surface area contributed by atoms with E-state index in [4.69, 9.17) is 23.2 Å². The molecule has 1 aromatic carbocycles. The summed E-state index contributed by atoms with van der Waals surface area (Å²) >= 11 is 12.3. The Labute approximate surface area is 152 Å². The highest BCUT2D eigenvalue weighted by Gasteiger charge is 2.53. The molecule has 0 spiro atoms. The van der Waals surface area contributed by atoms with Crippen LogP contribution >= 0.6 is 23.2 Å². The second-order valence-corrected chi connectivity index (χ2v) is 7.75. The van der Waals surface area contributed by atoms with Crippen LogP contribution in [0.1, 0.15) is 38.7 Å². The van der Waals surface area contributed by atoms with E-state index in [9.17, 15) is 9.59 Å². The van der Waals surface area contributed by atoms with Crippen LogP contribution in [0.4, 0.5) is 0 Å². The lowest BCUT2D eigenvalue weighted by Crippen LogP contribution is -2.56. The molecule has 2 amide bonds. The van der Waals surface area contributed by atoms with E-state index in [1.807, 2.05) is 25.1 Å². The highest BCUT2D eigenvalue weighted by atomic mass is 35.5. The van der Waals surface area contributed by atoms with Crippen molar-refractivity contribution in [1.82, 2.24) is 5.32 Å². The second-order valence-electron chi connectivity index (χ2n) is 6.93. The maximum Gasteiger partial charge on any atom is 0.231 e. The van der Waals surface area contributed by atoms with Gasteiger partial charge in [-0.05, 0) is 49.3 Å². The average molecular weight is 366 g/mol. The minimum absolute atomic E-state index is 0.185. The summed E-state index contributed by atoms with van der Waals surface area (Å²) in [5.41, 5.74) is 0.195. The molecule has 2 aliphatic rings. The largest absolute Gasteiger partial charge is 0.296 e. The highest BCUT2D eigenvalue weighted by molar-refractivity contribution is 6.42. The lowest BCUT2D eigenvalue weighted by atomic mass is 9.60. The first-order valence-corrected chi connectivity index (χ1v) is 9.07. The Morgan fingerprint density at radius 2 is 1.96 bits per heavy atom. The smallest absolute Gasteiger partial charge is 0.231 e. The minimum Gasteiger partial charge on any atom is -0.296 e. The number of carbonyl (C=O) groups excluding carboxylic acids is 2. The fourth-order valence-electron chi connectivity index (χ4n) is 4.09. The molecule has 1 aromatic rings. The lowest BCUT2D eigenvalue weighted by Gasteiger charge is -2.44. The summed E-state index contributed by atoms with van der Waals surface area (Å²) in [6, 6.07) is 5.41. The van der Waals surface area contributed by atoms with E-state index in [0.717, 1.165) is 18.4 Å². The predicted molar refractivity (Wildman–Crippen MR) is 96.1 cm³/mol. The van der Waals surface area contributed by atoms with Crippen LogP contribution in [0.25, 0.3) is 0 Å². The van der Waals surface area contributed by atoms with Crippen LogP contribution in [0.2, 0.25) is 10.0 Å². The zero-order valence-electron chi connectivity index (χ0n) is 13.8. The standard InChI is InChI=1S/C19H21Cl2NO2/c1-3-8-19(13-6-7-14(20)15(21)9-13)10-16(23)22-18(24)17(19)11(2)12-4-5-12/h3,6-9,11-12,17H,4-5,10H2,1-2H3,(H,22,23,24)/t11?,17?,19-/m0/s1. The van der Waals surface area contributed by atoms with Gasteiger partial charge in [-0.1, -0.05) is 48.3 Å². The van der Waals surface area contributed by atoms with Crippen LogP contribution in [0.15, 0.2) is 30.4 Å². The van der Waals surface area contributed by atoms with Crippen molar-refractivity contribution in [3.05, 3.63) is 46.0 Å². The number of halogens is 2. The number of hydrogen-bond donors (Lipinski definition) is 1. The van der Waals surface area contributed by atoms with E-state index in [0.29, 0.717) is 16.0 Å². The van der Waals surface area contributed by atoms with Gasteiger partial charge in [-0.3, -0.25) is 14.9 Å². The zero-order valence-corrected chi connectivity index (χ0v) is 15.3. The summed E-state index contributed by atoms with van der Waals surface area (Å²) in [5, 5.41) is 3.44. The molecule has 1 N–H and O–H groups in total. The molecule has 1 aliphatic carbocycles. The first kappa shape index (κ1) is 17.5. The van der Waals surface area contributed by atoms with Gasteiger partial charge in [0.15, 0.2) is 0 Å². The van der Waals surface area contributed by atoms with Crippen LogP contribution in [0.3, 0.4) is 0 Å². The van der Waals surface area contributed by atoms with E-state index in [1.54, 1.807) is 12.1 Å². The lowest BCUT2D eigenvalue weighted by molar-refractivity contribution is -0.141. The highest BCUT2D eigenvalue weighted by Crippen LogP contribution is 2.51.